The third kappa shape index (κ3) is 4.92. The summed E-state index contributed by atoms with van der Waals surface area (Å²) in [7, 11) is 0. The van der Waals surface area contributed by atoms with Gasteiger partial charge in [0.15, 0.2) is 5.16 Å². The number of quaternary nitrogens is 1. The number of hydrogen-bond acceptors (Lipinski definition) is 6. The number of morpholine rings is 1. The molecule has 0 spiro atoms. The van der Waals surface area contributed by atoms with E-state index >= 15 is 0 Å². The monoisotopic (exact) mass is 413 g/mol. The van der Waals surface area contributed by atoms with Crippen molar-refractivity contribution in [1.29, 1.82) is 0 Å². The zero-order chi connectivity index (χ0) is 20.2. The first-order valence-electron chi connectivity index (χ1n) is 9.71. The zero-order valence-corrected chi connectivity index (χ0v) is 17.5. The molecule has 2 aromatic heterocycles. The van der Waals surface area contributed by atoms with Crippen LogP contribution in [0.15, 0.2) is 35.5 Å². The van der Waals surface area contributed by atoms with Crippen molar-refractivity contribution in [2.45, 2.75) is 25.5 Å². The van der Waals surface area contributed by atoms with E-state index in [9.17, 15) is 4.79 Å². The van der Waals surface area contributed by atoms with Crippen molar-refractivity contribution in [3.63, 3.8) is 0 Å². The molecule has 2 N–H and O–H groups in total. The molecule has 0 radical (unpaired) electrons. The van der Waals surface area contributed by atoms with Gasteiger partial charge in [-0.3, -0.25) is 9.20 Å². The molecule has 0 unspecified atom stereocenters. The van der Waals surface area contributed by atoms with Crippen molar-refractivity contribution in [1.82, 2.24) is 19.6 Å². The minimum absolute atomic E-state index is 0.0731. The number of aromatic nitrogens is 4. The lowest BCUT2D eigenvalue weighted by Gasteiger charge is -2.23. The van der Waals surface area contributed by atoms with Gasteiger partial charge in [0.25, 0.3) is 5.78 Å². The van der Waals surface area contributed by atoms with Crippen molar-refractivity contribution < 1.29 is 14.4 Å². The van der Waals surface area contributed by atoms with E-state index < -0.39 is 0 Å². The Bertz CT molecular complexity index is 998. The molecule has 8 nitrogen and oxygen atoms in total. The van der Waals surface area contributed by atoms with E-state index in [2.05, 4.69) is 32.6 Å². The van der Waals surface area contributed by atoms with E-state index in [-0.39, 0.29) is 11.7 Å². The highest BCUT2D eigenvalue weighted by molar-refractivity contribution is 7.99. The van der Waals surface area contributed by atoms with Crippen LogP contribution in [0.5, 0.6) is 0 Å². The number of nitrogens with one attached hydrogen (secondary N) is 2. The molecule has 1 aliphatic heterocycles. The topological polar surface area (TPSA) is 85.8 Å². The molecular formula is C20H25N6O2S+. The second-order valence-electron chi connectivity index (χ2n) is 7.23. The van der Waals surface area contributed by atoms with Crippen LogP contribution in [-0.4, -0.2) is 57.5 Å². The predicted octanol–water partition coefficient (Wildman–Crippen LogP) is 0.887. The Morgan fingerprint density at radius 1 is 1.21 bits per heavy atom. The number of nitrogens with zero attached hydrogens (tertiary/aromatic N) is 4. The van der Waals surface area contributed by atoms with Crippen LogP contribution in [0.2, 0.25) is 0 Å². The van der Waals surface area contributed by atoms with E-state index in [1.807, 2.05) is 36.4 Å². The highest BCUT2D eigenvalue weighted by Crippen LogP contribution is 2.19. The number of carbonyl (C=O) groups excluding carboxylic acids is 1. The number of thioether (sulfide) groups is 1. The number of benzene rings is 1. The molecule has 4 rings (SSSR count). The highest BCUT2D eigenvalue weighted by atomic mass is 32.2. The van der Waals surface area contributed by atoms with Crippen LogP contribution in [0.3, 0.4) is 0 Å². The maximum Gasteiger partial charge on any atom is 0.256 e. The van der Waals surface area contributed by atoms with Gasteiger partial charge >= 0.3 is 0 Å². The lowest BCUT2D eigenvalue weighted by Crippen LogP contribution is -3.12. The molecule has 1 aromatic carbocycles. The fourth-order valence-electron chi connectivity index (χ4n) is 3.45. The van der Waals surface area contributed by atoms with E-state index in [1.54, 1.807) is 0 Å². The SMILES string of the molecule is Cc1cc(C)n2c(SCC(=O)Nc3ccc(C[NH+]4CCOCC4)cc3)nnc2n1. The van der Waals surface area contributed by atoms with Gasteiger partial charge in [0.2, 0.25) is 5.91 Å². The first-order chi connectivity index (χ1) is 14.1. The quantitative estimate of drug-likeness (QED) is 0.584. The summed E-state index contributed by atoms with van der Waals surface area (Å²) in [4.78, 5) is 18.3. The Morgan fingerprint density at radius 2 is 1.97 bits per heavy atom. The molecule has 9 heteroatoms. The molecule has 0 bridgehead atoms. The molecule has 152 valence electrons. The Balaban J connectivity index is 1.32. The van der Waals surface area contributed by atoms with Gasteiger partial charge < -0.3 is 15.0 Å². The fourth-order valence-corrected chi connectivity index (χ4v) is 4.24. The second kappa shape index (κ2) is 8.89. The Morgan fingerprint density at radius 3 is 2.72 bits per heavy atom. The number of ether oxygens (including phenoxy) is 1. The lowest BCUT2D eigenvalue weighted by molar-refractivity contribution is -0.921. The van der Waals surface area contributed by atoms with Gasteiger partial charge in [-0.25, -0.2) is 4.98 Å². The summed E-state index contributed by atoms with van der Waals surface area (Å²) >= 11 is 1.35. The molecule has 29 heavy (non-hydrogen) atoms. The van der Waals surface area contributed by atoms with Crippen LogP contribution in [0, 0.1) is 13.8 Å². The summed E-state index contributed by atoms with van der Waals surface area (Å²) in [6.07, 6.45) is 0. The average molecular weight is 414 g/mol. The lowest BCUT2D eigenvalue weighted by atomic mass is 10.2. The standard InChI is InChI=1S/C20H24N6O2S/c1-14-11-15(2)26-19(21-14)23-24-20(26)29-13-18(27)22-17-5-3-16(4-6-17)12-25-7-9-28-10-8-25/h3-6,11H,7-10,12-13H2,1-2H3,(H,22,27)/p+1. The molecule has 0 aliphatic carbocycles. The summed E-state index contributed by atoms with van der Waals surface area (Å²) < 4.78 is 7.27. The van der Waals surface area contributed by atoms with E-state index in [1.165, 1.54) is 22.2 Å². The maximum atomic E-state index is 12.4. The number of amides is 1. The van der Waals surface area contributed by atoms with Crippen LogP contribution in [-0.2, 0) is 16.1 Å². The van der Waals surface area contributed by atoms with Gasteiger partial charge in [0.05, 0.1) is 19.0 Å². The number of rotatable bonds is 6. The first kappa shape index (κ1) is 19.8. The van der Waals surface area contributed by atoms with Gasteiger partial charge in [-0.1, -0.05) is 23.9 Å². The van der Waals surface area contributed by atoms with E-state index in [4.69, 9.17) is 4.74 Å². The van der Waals surface area contributed by atoms with Gasteiger partial charge in [0, 0.05) is 22.6 Å². The largest absolute Gasteiger partial charge is 0.370 e. The minimum Gasteiger partial charge on any atom is -0.370 e. The number of carbonyl (C=O) groups is 1. The molecule has 1 saturated heterocycles. The Labute approximate surface area is 173 Å². The van der Waals surface area contributed by atoms with Crippen LogP contribution in [0.4, 0.5) is 5.69 Å². The third-order valence-corrected chi connectivity index (χ3v) is 5.82. The Kier molecular flexibility index (Phi) is 6.08. The van der Waals surface area contributed by atoms with Crippen LogP contribution in [0.25, 0.3) is 5.78 Å². The smallest absolute Gasteiger partial charge is 0.256 e. The highest BCUT2D eigenvalue weighted by Gasteiger charge is 2.15. The van der Waals surface area contributed by atoms with Crippen molar-refractivity contribution in [3.05, 3.63) is 47.3 Å². The summed E-state index contributed by atoms with van der Waals surface area (Å²) in [5.74, 6) is 0.743. The molecule has 1 amide bonds. The molecular weight excluding hydrogens is 388 g/mol. The molecule has 0 atom stereocenters. The number of hydrogen-bond donors (Lipinski definition) is 2. The number of anilines is 1. The van der Waals surface area contributed by atoms with E-state index in [0.29, 0.717) is 10.9 Å². The normalized spacial score (nSPS) is 15.0. The van der Waals surface area contributed by atoms with Crippen LogP contribution in [0.1, 0.15) is 17.0 Å². The van der Waals surface area contributed by atoms with Crippen molar-refractivity contribution in [3.8, 4) is 0 Å². The van der Waals surface area contributed by atoms with E-state index in [0.717, 1.165) is 49.9 Å². The number of fused-ring (bicyclic) bond motifs is 1. The molecule has 1 aliphatic rings. The van der Waals surface area contributed by atoms with Gasteiger partial charge in [-0.2, -0.15) is 0 Å². The summed E-state index contributed by atoms with van der Waals surface area (Å²) in [6.45, 7) is 8.64. The van der Waals surface area contributed by atoms with Crippen molar-refractivity contribution in [2.75, 3.05) is 37.4 Å². The minimum atomic E-state index is -0.0731. The maximum absolute atomic E-state index is 12.4. The first-order valence-corrected chi connectivity index (χ1v) is 10.7. The summed E-state index contributed by atoms with van der Waals surface area (Å²) in [5, 5.41) is 11.9. The average Bonchev–Trinajstić information content (AvgIpc) is 3.12. The summed E-state index contributed by atoms with van der Waals surface area (Å²) in [5.41, 5.74) is 3.96. The zero-order valence-electron chi connectivity index (χ0n) is 16.6. The van der Waals surface area contributed by atoms with Gasteiger partial charge in [0.1, 0.15) is 19.6 Å². The molecule has 0 saturated carbocycles. The van der Waals surface area contributed by atoms with Gasteiger partial charge in [-0.05, 0) is 32.0 Å². The Hall–Kier alpha value is -2.49. The van der Waals surface area contributed by atoms with Crippen molar-refractivity contribution >= 4 is 29.1 Å². The summed E-state index contributed by atoms with van der Waals surface area (Å²) in [6, 6.07) is 10.0. The number of aryl methyl sites for hydroxylation is 2. The fraction of sp³-hybridized carbons (Fsp3) is 0.400. The second-order valence-corrected chi connectivity index (χ2v) is 8.17. The molecule has 3 heterocycles. The van der Waals surface area contributed by atoms with Crippen LogP contribution < -0.4 is 10.2 Å². The van der Waals surface area contributed by atoms with Crippen LogP contribution >= 0.6 is 11.8 Å². The molecule has 1 fully saturated rings. The molecule has 3 aromatic rings. The third-order valence-electron chi connectivity index (χ3n) is 4.89. The van der Waals surface area contributed by atoms with Gasteiger partial charge in [-0.15, -0.1) is 10.2 Å². The predicted molar refractivity (Wildman–Crippen MR) is 111 cm³/mol. The van der Waals surface area contributed by atoms with Crippen molar-refractivity contribution in [2.24, 2.45) is 0 Å².